The molecule has 2 aromatic rings. The number of aromatic nitrogens is 2. The minimum atomic E-state index is 0.810. The van der Waals surface area contributed by atoms with Crippen molar-refractivity contribution in [1.29, 1.82) is 0 Å². The number of nitrogens with one attached hydrogen (secondary N) is 1. The van der Waals surface area contributed by atoms with Crippen LogP contribution in [0.5, 0.6) is 0 Å². The average Bonchev–Trinajstić information content (AvgIpc) is 3.11. The summed E-state index contributed by atoms with van der Waals surface area (Å²) in [6, 6.07) is 9.00. The molecule has 0 aliphatic heterocycles. The molecule has 4 heteroatoms. The van der Waals surface area contributed by atoms with Crippen LogP contribution in [-0.4, -0.2) is 22.4 Å². The Hall–Kier alpha value is -1.13. The molecule has 1 aromatic carbocycles. The Balaban J connectivity index is 1.56. The molecule has 0 amide bonds. The lowest BCUT2D eigenvalue weighted by atomic mass is 10.2. The Morgan fingerprint density at radius 1 is 1.37 bits per heavy atom. The highest BCUT2D eigenvalue weighted by Crippen LogP contribution is 2.18. The number of nitrogens with zero attached hydrogens (tertiary/aromatic N) is 2. The molecule has 100 valence electrons. The van der Waals surface area contributed by atoms with Crippen molar-refractivity contribution in [2.45, 2.75) is 31.7 Å². The first kappa shape index (κ1) is 12.9. The molecule has 3 nitrogen and oxygen atoms in total. The van der Waals surface area contributed by atoms with Gasteiger partial charge in [0.15, 0.2) is 0 Å². The smallest absolute Gasteiger partial charge is 0.0656 e. The molecule has 0 atom stereocenters. The Kier molecular flexibility index (Phi) is 3.99. The predicted octanol–water partition coefficient (Wildman–Crippen LogP) is 3.32. The highest BCUT2D eigenvalue weighted by atomic mass is 79.9. The van der Waals surface area contributed by atoms with E-state index in [1.165, 1.54) is 24.8 Å². The zero-order valence-corrected chi connectivity index (χ0v) is 12.4. The van der Waals surface area contributed by atoms with Crippen LogP contribution in [0.1, 0.15) is 24.8 Å². The molecule has 1 saturated carbocycles. The summed E-state index contributed by atoms with van der Waals surface area (Å²) in [6.07, 6.45) is 9.09. The van der Waals surface area contributed by atoms with Gasteiger partial charge < -0.3 is 5.32 Å². The summed E-state index contributed by atoms with van der Waals surface area (Å²) >= 11 is 3.49. The van der Waals surface area contributed by atoms with Gasteiger partial charge in [-0.05, 0) is 56.0 Å². The quantitative estimate of drug-likeness (QED) is 0.828. The van der Waals surface area contributed by atoms with E-state index < -0.39 is 0 Å². The van der Waals surface area contributed by atoms with Crippen molar-refractivity contribution in [3.8, 4) is 5.69 Å². The fourth-order valence-electron chi connectivity index (χ4n) is 2.14. The average molecular weight is 320 g/mol. The molecule has 0 unspecified atom stereocenters. The summed E-state index contributed by atoms with van der Waals surface area (Å²) in [6.45, 7) is 1.12. The molecule has 1 fully saturated rings. The lowest BCUT2D eigenvalue weighted by Gasteiger charge is -2.02. The first-order valence-corrected chi connectivity index (χ1v) is 7.63. The van der Waals surface area contributed by atoms with E-state index in [0.29, 0.717) is 0 Å². The molecule has 0 bridgehead atoms. The summed E-state index contributed by atoms with van der Waals surface area (Å²) in [5, 5.41) is 7.97. The van der Waals surface area contributed by atoms with Gasteiger partial charge in [0.25, 0.3) is 0 Å². The molecule has 3 rings (SSSR count). The number of halogens is 1. The lowest BCUT2D eigenvalue weighted by molar-refractivity contribution is 0.645. The van der Waals surface area contributed by atoms with Crippen LogP contribution in [0, 0.1) is 0 Å². The van der Waals surface area contributed by atoms with E-state index in [1.54, 1.807) is 0 Å². The van der Waals surface area contributed by atoms with Crippen molar-refractivity contribution < 1.29 is 0 Å². The Bertz CT molecular complexity index is 546. The van der Waals surface area contributed by atoms with Crippen LogP contribution in [0.3, 0.4) is 0 Å². The summed E-state index contributed by atoms with van der Waals surface area (Å²) in [5.41, 5.74) is 2.40. The third kappa shape index (κ3) is 3.67. The number of rotatable bonds is 6. The fraction of sp³-hybridized carbons (Fsp3) is 0.400. The van der Waals surface area contributed by atoms with Crippen LogP contribution in [0.4, 0.5) is 0 Å². The minimum absolute atomic E-state index is 0.810. The maximum Gasteiger partial charge on any atom is 0.0656 e. The molecular weight excluding hydrogens is 302 g/mol. The van der Waals surface area contributed by atoms with E-state index in [-0.39, 0.29) is 0 Å². The largest absolute Gasteiger partial charge is 0.314 e. The number of aryl methyl sites for hydroxylation is 1. The van der Waals surface area contributed by atoms with Gasteiger partial charge >= 0.3 is 0 Å². The second-order valence-electron chi connectivity index (χ2n) is 5.10. The third-order valence-corrected chi connectivity index (χ3v) is 3.85. The van der Waals surface area contributed by atoms with Crippen molar-refractivity contribution in [3.63, 3.8) is 0 Å². The molecule has 1 aliphatic carbocycles. The van der Waals surface area contributed by atoms with E-state index in [1.807, 2.05) is 23.0 Å². The number of benzene rings is 1. The zero-order valence-electron chi connectivity index (χ0n) is 10.8. The standard InChI is InChI=1S/C15H18BrN3/c16-13-4-1-5-15(9-13)19-11-12(10-18-19)3-2-8-17-14-6-7-14/h1,4-5,9-11,14,17H,2-3,6-8H2. The Labute approximate surface area is 122 Å². The summed E-state index contributed by atoms with van der Waals surface area (Å²) in [4.78, 5) is 0. The van der Waals surface area contributed by atoms with Gasteiger partial charge in [0.1, 0.15) is 0 Å². The maximum atomic E-state index is 4.43. The van der Waals surface area contributed by atoms with Crippen LogP contribution < -0.4 is 5.32 Å². The molecular formula is C15H18BrN3. The third-order valence-electron chi connectivity index (χ3n) is 3.36. The van der Waals surface area contributed by atoms with Crippen LogP contribution in [-0.2, 0) is 6.42 Å². The normalized spacial score (nSPS) is 14.8. The van der Waals surface area contributed by atoms with E-state index in [4.69, 9.17) is 0 Å². The molecule has 1 heterocycles. The fourth-order valence-corrected chi connectivity index (χ4v) is 2.52. The lowest BCUT2D eigenvalue weighted by Crippen LogP contribution is -2.17. The second-order valence-corrected chi connectivity index (χ2v) is 6.02. The van der Waals surface area contributed by atoms with Crippen molar-refractivity contribution >= 4 is 15.9 Å². The topological polar surface area (TPSA) is 29.9 Å². The molecule has 0 radical (unpaired) electrons. The molecule has 1 aromatic heterocycles. The SMILES string of the molecule is Brc1cccc(-n2cc(CCCNC3CC3)cn2)c1. The Morgan fingerprint density at radius 2 is 2.26 bits per heavy atom. The number of hydrogen-bond donors (Lipinski definition) is 1. The van der Waals surface area contributed by atoms with Gasteiger partial charge in [-0.3, -0.25) is 0 Å². The van der Waals surface area contributed by atoms with Crippen LogP contribution in [0.2, 0.25) is 0 Å². The van der Waals surface area contributed by atoms with Gasteiger partial charge in [-0.2, -0.15) is 5.10 Å². The molecule has 19 heavy (non-hydrogen) atoms. The van der Waals surface area contributed by atoms with E-state index in [0.717, 1.165) is 29.2 Å². The maximum absolute atomic E-state index is 4.43. The van der Waals surface area contributed by atoms with Gasteiger partial charge in [-0.1, -0.05) is 22.0 Å². The zero-order chi connectivity index (χ0) is 13.1. The number of hydrogen-bond acceptors (Lipinski definition) is 2. The molecule has 1 aliphatic rings. The summed E-state index contributed by atoms with van der Waals surface area (Å²) in [7, 11) is 0. The van der Waals surface area contributed by atoms with Gasteiger partial charge in [0, 0.05) is 16.7 Å². The van der Waals surface area contributed by atoms with Crippen LogP contribution in [0.25, 0.3) is 5.69 Å². The highest BCUT2D eigenvalue weighted by Gasteiger charge is 2.19. The van der Waals surface area contributed by atoms with Crippen molar-refractivity contribution in [2.75, 3.05) is 6.54 Å². The molecule has 0 saturated heterocycles. The molecule has 1 N–H and O–H groups in total. The van der Waals surface area contributed by atoms with E-state index in [9.17, 15) is 0 Å². The predicted molar refractivity (Wildman–Crippen MR) is 80.6 cm³/mol. The van der Waals surface area contributed by atoms with Crippen molar-refractivity contribution in [3.05, 3.63) is 46.7 Å². The summed E-state index contributed by atoms with van der Waals surface area (Å²) < 4.78 is 3.02. The second kappa shape index (κ2) is 5.88. The minimum Gasteiger partial charge on any atom is -0.314 e. The van der Waals surface area contributed by atoms with E-state index in [2.05, 4.69) is 44.7 Å². The van der Waals surface area contributed by atoms with E-state index >= 15 is 0 Å². The highest BCUT2D eigenvalue weighted by molar-refractivity contribution is 9.10. The van der Waals surface area contributed by atoms with Crippen LogP contribution in [0.15, 0.2) is 41.1 Å². The van der Waals surface area contributed by atoms with Gasteiger partial charge in [0.05, 0.1) is 11.9 Å². The van der Waals surface area contributed by atoms with Gasteiger partial charge in [-0.25, -0.2) is 4.68 Å². The van der Waals surface area contributed by atoms with Crippen LogP contribution >= 0.6 is 15.9 Å². The van der Waals surface area contributed by atoms with Gasteiger partial charge in [0.2, 0.25) is 0 Å². The summed E-state index contributed by atoms with van der Waals surface area (Å²) in [5.74, 6) is 0. The van der Waals surface area contributed by atoms with Crippen molar-refractivity contribution in [2.24, 2.45) is 0 Å². The first-order valence-electron chi connectivity index (χ1n) is 6.84. The Morgan fingerprint density at radius 3 is 3.05 bits per heavy atom. The monoisotopic (exact) mass is 319 g/mol. The van der Waals surface area contributed by atoms with Crippen molar-refractivity contribution in [1.82, 2.24) is 15.1 Å². The first-order chi connectivity index (χ1) is 9.31. The molecule has 0 spiro atoms. The van der Waals surface area contributed by atoms with Gasteiger partial charge in [-0.15, -0.1) is 0 Å².